The van der Waals surface area contributed by atoms with Crippen molar-refractivity contribution in [3.05, 3.63) is 29.3 Å². The first-order chi connectivity index (χ1) is 15.9. The number of amides is 2. The number of benzene rings is 1. The highest BCUT2D eigenvalue weighted by atomic mass is 19.4. The summed E-state index contributed by atoms with van der Waals surface area (Å²) in [5.74, 6) is -3.99. The van der Waals surface area contributed by atoms with Crippen LogP contribution in [0.5, 0.6) is 0 Å². The number of nitrogens with zero attached hydrogens (tertiary/aromatic N) is 2. The fraction of sp³-hybridized carbons (Fsp3) is 0.526. The third kappa shape index (κ3) is 5.16. The minimum atomic E-state index is -5.09. The summed E-state index contributed by atoms with van der Waals surface area (Å²) in [5.41, 5.74) is -5.56. The third-order valence-electron chi connectivity index (χ3n) is 5.80. The molecule has 0 aliphatic carbocycles. The van der Waals surface area contributed by atoms with Gasteiger partial charge in [-0.15, -0.1) is 0 Å². The van der Waals surface area contributed by atoms with Crippen LogP contribution >= 0.6 is 0 Å². The van der Waals surface area contributed by atoms with Crippen molar-refractivity contribution in [2.24, 2.45) is 5.92 Å². The van der Waals surface area contributed by atoms with Crippen molar-refractivity contribution in [2.45, 2.75) is 37.0 Å². The van der Waals surface area contributed by atoms with Gasteiger partial charge in [0.05, 0.1) is 16.8 Å². The highest BCUT2D eigenvalue weighted by Crippen LogP contribution is 2.46. The lowest BCUT2D eigenvalue weighted by Crippen LogP contribution is -2.63. The van der Waals surface area contributed by atoms with Gasteiger partial charge in [0.2, 0.25) is 5.60 Å². The number of anilines is 1. The molecule has 4 aliphatic rings. The van der Waals surface area contributed by atoms with E-state index in [0.717, 1.165) is 0 Å². The molecule has 2 bridgehead atoms. The van der Waals surface area contributed by atoms with Gasteiger partial charge in [-0.25, -0.2) is 14.5 Å². The second-order valence-electron chi connectivity index (χ2n) is 8.02. The first-order valence-electron chi connectivity index (χ1n) is 9.76. The molecular weight excluding hydrogens is 507 g/mol. The fourth-order valence-electron chi connectivity index (χ4n) is 4.18. The Morgan fingerprint density at radius 2 is 1.37 bits per heavy atom. The first kappa shape index (κ1) is 26.6. The van der Waals surface area contributed by atoms with Gasteiger partial charge < -0.3 is 9.84 Å². The first-order valence-corrected chi connectivity index (χ1v) is 9.76. The molecule has 1 N–H and O–H groups in total. The Labute approximate surface area is 190 Å². The number of alkyl halides is 9. The smallest absolute Gasteiger partial charge is 0.475 e. The zero-order valence-corrected chi connectivity index (χ0v) is 17.2. The molecule has 4 heterocycles. The lowest BCUT2D eigenvalue weighted by atomic mass is 9.75. The maximum atomic E-state index is 13.1. The lowest BCUT2D eigenvalue weighted by molar-refractivity contribution is -0.192. The molecular formula is C19H15F9N2O5. The van der Waals surface area contributed by atoms with Crippen LogP contribution in [0, 0.1) is 5.92 Å². The zero-order chi connectivity index (χ0) is 26.6. The van der Waals surface area contributed by atoms with Crippen molar-refractivity contribution in [1.82, 2.24) is 4.90 Å². The maximum Gasteiger partial charge on any atom is 0.490 e. The van der Waals surface area contributed by atoms with Crippen molar-refractivity contribution in [2.75, 3.05) is 24.5 Å². The SMILES string of the molecule is O=C(O)C(F)(F)F.O=C1OC2(CN3CCC2CC3)C(=O)N1c1cc(C(F)(F)F)cc(C(F)(F)F)c1. The molecule has 35 heavy (non-hydrogen) atoms. The molecule has 1 spiro atoms. The number of carbonyl (C=O) groups is 3. The van der Waals surface area contributed by atoms with E-state index in [0.29, 0.717) is 43.0 Å². The summed E-state index contributed by atoms with van der Waals surface area (Å²) in [4.78, 5) is 36.4. The van der Waals surface area contributed by atoms with Crippen LogP contribution in [0.2, 0.25) is 0 Å². The van der Waals surface area contributed by atoms with Gasteiger partial charge in [0.1, 0.15) is 0 Å². The van der Waals surface area contributed by atoms with E-state index in [2.05, 4.69) is 0 Å². The number of carboxylic acids is 1. The number of hydrogen-bond donors (Lipinski definition) is 1. The quantitative estimate of drug-likeness (QED) is 0.554. The predicted molar refractivity (Wildman–Crippen MR) is 96.0 cm³/mol. The van der Waals surface area contributed by atoms with E-state index in [1.807, 2.05) is 4.90 Å². The average molecular weight is 522 g/mol. The second-order valence-corrected chi connectivity index (χ2v) is 8.02. The van der Waals surface area contributed by atoms with Crippen LogP contribution in [-0.4, -0.2) is 59.4 Å². The van der Waals surface area contributed by atoms with Gasteiger partial charge in [0.15, 0.2) is 0 Å². The van der Waals surface area contributed by atoms with Gasteiger partial charge in [-0.3, -0.25) is 9.69 Å². The summed E-state index contributed by atoms with van der Waals surface area (Å²) in [6.07, 6.45) is -15.4. The summed E-state index contributed by atoms with van der Waals surface area (Å²) in [7, 11) is 0. The normalized spacial score (nSPS) is 26.5. The Hall–Kier alpha value is -3.04. The largest absolute Gasteiger partial charge is 0.490 e. The van der Waals surface area contributed by atoms with E-state index in [-0.39, 0.29) is 18.5 Å². The summed E-state index contributed by atoms with van der Waals surface area (Å²) in [5, 5.41) is 7.12. The van der Waals surface area contributed by atoms with Crippen LogP contribution in [0.25, 0.3) is 0 Å². The molecule has 0 saturated carbocycles. The number of fused-ring (bicyclic) bond motifs is 2. The van der Waals surface area contributed by atoms with Crippen molar-refractivity contribution in [3.8, 4) is 0 Å². The Morgan fingerprint density at radius 3 is 1.71 bits per heavy atom. The van der Waals surface area contributed by atoms with Gasteiger partial charge in [0, 0.05) is 12.5 Å². The molecule has 1 aromatic rings. The summed E-state index contributed by atoms with van der Waals surface area (Å²) < 4.78 is 116. The molecule has 4 fully saturated rings. The predicted octanol–water partition coefficient (Wildman–Crippen LogP) is 4.31. The number of piperidine rings is 3. The molecule has 16 heteroatoms. The summed E-state index contributed by atoms with van der Waals surface area (Å²) >= 11 is 0. The van der Waals surface area contributed by atoms with Crippen LogP contribution in [0.3, 0.4) is 0 Å². The number of ether oxygens (including phenoxy) is 1. The number of carbonyl (C=O) groups excluding carboxylic acids is 2. The van der Waals surface area contributed by atoms with Gasteiger partial charge >= 0.3 is 30.6 Å². The maximum absolute atomic E-state index is 13.1. The van der Waals surface area contributed by atoms with Crippen molar-refractivity contribution in [3.63, 3.8) is 0 Å². The number of imide groups is 1. The number of hydrogen-bond acceptors (Lipinski definition) is 5. The monoisotopic (exact) mass is 522 g/mol. The summed E-state index contributed by atoms with van der Waals surface area (Å²) in [6.45, 7) is 1.47. The Bertz CT molecular complexity index is 997. The van der Waals surface area contributed by atoms with Gasteiger partial charge in [-0.1, -0.05) is 0 Å². The van der Waals surface area contributed by atoms with E-state index in [9.17, 15) is 49.1 Å². The molecule has 4 saturated heterocycles. The van der Waals surface area contributed by atoms with Crippen molar-refractivity contribution in [1.29, 1.82) is 0 Å². The Kier molecular flexibility index (Phi) is 6.50. The van der Waals surface area contributed by atoms with E-state index >= 15 is 0 Å². The molecule has 1 atom stereocenters. The van der Waals surface area contributed by atoms with Crippen LogP contribution < -0.4 is 4.90 Å². The summed E-state index contributed by atoms with van der Waals surface area (Å²) in [6, 6.07) is 0.656. The number of rotatable bonds is 1. The highest BCUT2D eigenvalue weighted by molar-refractivity contribution is 6.20. The van der Waals surface area contributed by atoms with E-state index < -0.39 is 58.9 Å². The second kappa shape index (κ2) is 8.57. The van der Waals surface area contributed by atoms with Gasteiger partial charge in [0.25, 0.3) is 5.91 Å². The zero-order valence-electron chi connectivity index (χ0n) is 17.2. The molecule has 194 valence electrons. The third-order valence-corrected chi connectivity index (χ3v) is 5.80. The van der Waals surface area contributed by atoms with Crippen LogP contribution in [-0.2, 0) is 26.7 Å². The topological polar surface area (TPSA) is 87.1 Å². The van der Waals surface area contributed by atoms with Crippen molar-refractivity contribution < 1.29 is 63.7 Å². The van der Waals surface area contributed by atoms with Gasteiger partial charge in [-0.2, -0.15) is 39.5 Å². The van der Waals surface area contributed by atoms with E-state index in [4.69, 9.17) is 14.6 Å². The molecule has 4 aliphatic heterocycles. The van der Waals surface area contributed by atoms with Crippen LogP contribution in [0.1, 0.15) is 24.0 Å². The molecule has 1 unspecified atom stereocenters. The van der Waals surface area contributed by atoms with E-state index in [1.165, 1.54) is 0 Å². The fourth-order valence-corrected chi connectivity index (χ4v) is 4.18. The number of aliphatic carboxylic acids is 1. The Morgan fingerprint density at radius 1 is 0.914 bits per heavy atom. The molecule has 2 amide bonds. The van der Waals surface area contributed by atoms with E-state index in [1.54, 1.807) is 0 Å². The molecule has 5 rings (SSSR count). The molecule has 1 aromatic carbocycles. The molecule has 0 aromatic heterocycles. The standard InChI is InChI=1S/C17H14F6N2O3.C2HF3O2/c18-16(19,20)10-5-11(17(21,22)23)7-12(6-10)25-13(26)15(28-14(25)27)8-24-3-1-9(15)2-4-24;3-2(4,5)1(6)7/h5-7,9H,1-4,8H2;(H,6,7). The molecule has 7 nitrogen and oxygen atoms in total. The minimum Gasteiger partial charge on any atom is -0.475 e. The lowest BCUT2D eigenvalue weighted by Gasteiger charge is -2.48. The highest BCUT2D eigenvalue weighted by Gasteiger charge is 2.62. The van der Waals surface area contributed by atoms with Crippen molar-refractivity contribution >= 4 is 23.7 Å². The minimum absolute atomic E-state index is 0.0561. The van der Waals surface area contributed by atoms with Crippen LogP contribution in [0.15, 0.2) is 18.2 Å². The number of carboxylic acid groups (broad SMARTS) is 1. The molecule has 0 radical (unpaired) electrons. The average Bonchev–Trinajstić information content (AvgIpc) is 2.96. The Balaban J connectivity index is 0.000000429. The van der Waals surface area contributed by atoms with Gasteiger partial charge in [-0.05, 0) is 44.1 Å². The van der Waals surface area contributed by atoms with Crippen LogP contribution in [0.4, 0.5) is 50.0 Å². The number of halogens is 9.